The van der Waals surface area contributed by atoms with Gasteiger partial charge in [0.05, 0.1) is 5.75 Å². The van der Waals surface area contributed by atoms with Crippen LogP contribution in [0.2, 0.25) is 0 Å². The number of fused-ring (bicyclic) bond motifs is 1. The smallest absolute Gasteiger partial charge is 0.259 e. The molecule has 102 valence electrons. The number of benzene rings is 1. The second-order valence-electron chi connectivity index (χ2n) is 5.14. The summed E-state index contributed by atoms with van der Waals surface area (Å²) in [6.45, 7) is 0.726. The first-order valence-corrected chi connectivity index (χ1v) is 7.82. The Balaban J connectivity index is 2.02. The molecule has 1 fully saturated rings. The molecule has 1 aliphatic carbocycles. The summed E-state index contributed by atoms with van der Waals surface area (Å²) in [5.74, 6) is 0.977. The van der Waals surface area contributed by atoms with Gasteiger partial charge in [-0.05, 0) is 29.4 Å². The predicted molar refractivity (Wildman–Crippen MR) is 72.5 cm³/mol. The fraction of sp³-hybridized carbons (Fsp3) is 0.462. The molecule has 19 heavy (non-hydrogen) atoms. The highest BCUT2D eigenvalue weighted by atomic mass is 32.2. The van der Waals surface area contributed by atoms with E-state index < -0.39 is 10.0 Å². The lowest BCUT2D eigenvalue weighted by Gasteiger charge is -2.17. The second-order valence-corrected chi connectivity index (χ2v) is 6.78. The van der Waals surface area contributed by atoms with Gasteiger partial charge in [-0.15, -0.1) is 4.40 Å². The normalized spacial score (nSPS) is 27.5. The minimum absolute atomic E-state index is 0.0570. The van der Waals surface area contributed by atoms with Crippen LogP contribution < -0.4 is 5.73 Å². The molecule has 1 saturated carbocycles. The Hall–Kier alpha value is -1.40. The Morgan fingerprint density at radius 2 is 2.26 bits per heavy atom. The highest BCUT2D eigenvalue weighted by molar-refractivity contribution is 7.89. The van der Waals surface area contributed by atoms with E-state index >= 15 is 0 Å². The largest absolute Gasteiger partial charge is 0.384 e. The quantitative estimate of drug-likeness (QED) is 0.895. The standard InChI is InChI=1S/C13H16N2O3S/c1-18-6-9-5-11(9)10-4-2-3-8-7-19(16,17)15-13(14)12(8)10/h2-4,9,11H,5-7H2,1H3,(H2,14,15)/t9-,11+/m1/s1. The molecule has 0 bridgehead atoms. The van der Waals surface area contributed by atoms with Crippen LogP contribution in [0.3, 0.4) is 0 Å². The predicted octanol–water partition coefficient (Wildman–Crippen LogP) is 0.985. The van der Waals surface area contributed by atoms with Gasteiger partial charge in [0, 0.05) is 19.3 Å². The van der Waals surface area contributed by atoms with Gasteiger partial charge >= 0.3 is 0 Å². The van der Waals surface area contributed by atoms with Gasteiger partial charge in [-0.2, -0.15) is 0 Å². The summed E-state index contributed by atoms with van der Waals surface area (Å²) in [5.41, 5.74) is 8.53. The van der Waals surface area contributed by atoms with Crippen molar-refractivity contribution < 1.29 is 13.2 Å². The average Bonchev–Trinajstić information content (AvgIpc) is 3.06. The summed E-state index contributed by atoms with van der Waals surface area (Å²) >= 11 is 0. The van der Waals surface area contributed by atoms with Crippen molar-refractivity contribution in [2.75, 3.05) is 13.7 Å². The van der Waals surface area contributed by atoms with Crippen molar-refractivity contribution in [3.05, 3.63) is 34.9 Å². The Morgan fingerprint density at radius 1 is 1.47 bits per heavy atom. The first kappa shape index (κ1) is 12.6. The third-order valence-corrected chi connectivity index (χ3v) is 4.87. The minimum Gasteiger partial charge on any atom is -0.384 e. The summed E-state index contributed by atoms with van der Waals surface area (Å²) in [5, 5.41) is 0. The van der Waals surface area contributed by atoms with Crippen LogP contribution >= 0.6 is 0 Å². The number of hydrogen-bond donors (Lipinski definition) is 1. The van der Waals surface area contributed by atoms with Crippen LogP contribution in [-0.2, 0) is 20.5 Å². The SMILES string of the molecule is COC[C@H]1C[C@@H]1c1cccc2c1C(N)=NS(=O)(=O)C2. The molecule has 1 aromatic rings. The number of rotatable bonds is 3. The fourth-order valence-corrected chi connectivity index (χ4v) is 3.90. The molecule has 0 spiro atoms. The van der Waals surface area contributed by atoms with Gasteiger partial charge in [0.1, 0.15) is 5.84 Å². The van der Waals surface area contributed by atoms with Gasteiger partial charge in [-0.25, -0.2) is 8.42 Å². The maximum atomic E-state index is 11.6. The molecule has 2 aliphatic rings. The topological polar surface area (TPSA) is 81.8 Å². The molecule has 0 radical (unpaired) electrons. The van der Waals surface area contributed by atoms with Crippen LogP contribution in [0.25, 0.3) is 0 Å². The lowest BCUT2D eigenvalue weighted by Crippen LogP contribution is -2.25. The molecule has 0 saturated heterocycles. The van der Waals surface area contributed by atoms with Crippen molar-refractivity contribution >= 4 is 15.9 Å². The number of methoxy groups -OCH3 is 1. The van der Waals surface area contributed by atoms with E-state index in [0.717, 1.165) is 29.7 Å². The van der Waals surface area contributed by atoms with Crippen molar-refractivity contribution in [3.8, 4) is 0 Å². The van der Waals surface area contributed by atoms with E-state index in [1.165, 1.54) is 0 Å². The first-order valence-electron chi connectivity index (χ1n) is 6.21. The highest BCUT2D eigenvalue weighted by Gasteiger charge is 2.41. The van der Waals surface area contributed by atoms with Crippen LogP contribution in [0.15, 0.2) is 22.6 Å². The number of sulfonamides is 1. The Morgan fingerprint density at radius 3 is 3.00 bits per heavy atom. The molecule has 0 unspecified atom stereocenters. The maximum Gasteiger partial charge on any atom is 0.259 e. The third-order valence-electron chi connectivity index (χ3n) is 3.72. The van der Waals surface area contributed by atoms with E-state index in [1.54, 1.807) is 7.11 Å². The maximum absolute atomic E-state index is 11.6. The van der Waals surface area contributed by atoms with Gasteiger partial charge in [0.25, 0.3) is 10.0 Å². The van der Waals surface area contributed by atoms with Gasteiger partial charge < -0.3 is 10.5 Å². The summed E-state index contributed by atoms with van der Waals surface area (Å²) in [4.78, 5) is 0. The van der Waals surface area contributed by atoms with Gasteiger partial charge in [-0.1, -0.05) is 18.2 Å². The van der Waals surface area contributed by atoms with Gasteiger partial charge in [-0.3, -0.25) is 0 Å². The summed E-state index contributed by atoms with van der Waals surface area (Å²) in [6.07, 6.45) is 1.06. The van der Waals surface area contributed by atoms with Crippen molar-refractivity contribution in [2.24, 2.45) is 16.0 Å². The molecule has 2 N–H and O–H groups in total. The zero-order chi connectivity index (χ0) is 13.6. The molecule has 2 atom stereocenters. The minimum atomic E-state index is -3.45. The molecule has 0 aromatic heterocycles. The van der Waals surface area contributed by atoms with E-state index in [2.05, 4.69) is 4.40 Å². The molecule has 0 amide bonds. The van der Waals surface area contributed by atoms with Crippen molar-refractivity contribution in [1.29, 1.82) is 0 Å². The Bertz CT molecular complexity index is 652. The average molecular weight is 280 g/mol. The summed E-state index contributed by atoms with van der Waals surface area (Å²) in [7, 11) is -1.76. The van der Waals surface area contributed by atoms with E-state index in [-0.39, 0.29) is 11.6 Å². The lowest BCUT2D eigenvalue weighted by atomic mass is 9.96. The van der Waals surface area contributed by atoms with Crippen molar-refractivity contribution in [1.82, 2.24) is 0 Å². The molecule has 1 aromatic carbocycles. The molecule has 5 nitrogen and oxygen atoms in total. The van der Waals surface area contributed by atoms with Crippen LogP contribution in [0.4, 0.5) is 0 Å². The van der Waals surface area contributed by atoms with Crippen LogP contribution in [0, 0.1) is 5.92 Å². The summed E-state index contributed by atoms with van der Waals surface area (Å²) < 4.78 is 32.0. The summed E-state index contributed by atoms with van der Waals surface area (Å²) in [6, 6.07) is 5.72. The first-order chi connectivity index (χ1) is 9.02. The van der Waals surface area contributed by atoms with Crippen molar-refractivity contribution in [3.63, 3.8) is 0 Å². The number of nitrogens with zero attached hydrogens (tertiary/aromatic N) is 1. The molecule has 6 heteroatoms. The van der Waals surface area contributed by atoms with Crippen LogP contribution in [0.1, 0.15) is 29.0 Å². The zero-order valence-electron chi connectivity index (χ0n) is 10.7. The zero-order valence-corrected chi connectivity index (χ0v) is 11.5. The monoisotopic (exact) mass is 280 g/mol. The van der Waals surface area contributed by atoms with E-state index in [0.29, 0.717) is 11.8 Å². The number of hydrogen-bond acceptors (Lipinski definition) is 4. The number of nitrogens with two attached hydrogens (primary N) is 1. The van der Waals surface area contributed by atoms with Gasteiger partial charge in [0.2, 0.25) is 0 Å². The molecule has 1 heterocycles. The van der Waals surface area contributed by atoms with Gasteiger partial charge in [0.15, 0.2) is 0 Å². The Labute approximate surface area is 112 Å². The molecule has 3 rings (SSSR count). The van der Waals surface area contributed by atoms with Crippen molar-refractivity contribution in [2.45, 2.75) is 18.1 Å². The van der Waals surface area contributed by atoms with E-state index in [9.17, 15) is 8.42 Å². The molecular weight excluding hydrogens is 264 g/mol. The van der Waals surface area contributed by atoms with Crippen LogP contribution in [0.5, 0.6) is 0 Å². The lowest BCUT2D eigenvalue weighted by molar-refractivity contribution is 0.184. The highest BCUT2D eigenvalue weighted by Crippen LogP contribution is 2.49. The van der Waals surface area contributed by atoms with Crippen LogP contribution in [-0.4, -0.2) is 28.0 Å². The molecular formula is C13H16N2O3S. The third kappa shape index (κ3) is 2.26. The number of ether oxygens (including phenoxy) is 1. The van der Waals surface area contributed by atoms with E-state index in [1.807, 2.05) is 18.2 Å². The number of amidine groups is 1. The Kier molecular flexibility index (Phi) is 2.87. The van der Waals surface area contributed by atoms with E-state index in [4.69, 9.17) is 10.5 Å². The molecule has 1 aliphatic heterocycles. The fourth-order valence-electron chi connectivity index (χ4n) is 2.81. The second kappa shape index (κ2) is 4.31.